The lowest BCUT2D eigenvalue weighted by molar-refractivity contribution is -0.121. The molecule has 0 aliphatic rings. The van der Waals surface area contributed by atoms with Gasteiger partial charge >= 0.3 is 5.97 Å². The molecule has 0 radical (unpaired) electrons. The Balaban J connectivity index is 2.36. The quantitative estimate of drug-likeness (QED) is 0.536. The number of carbonyl (C=O) groups excluding carboxylic acids is 3. The standard InChI is InChI=1S/C20H21NO6/c1-3-25-16-10-9-13(11-17(16)26-4-2)19(23)14-7-5-6-8-15(14)20(24)27-12-18(21)22/h5-11H,3-4,12H2,1-2H3,(H2,21,22). The van der Waals surface area contributed by atoms with Crippen molar-refractivity contribution in [2.75, 3.05) is 19.8 Å². The van der Waals surface area contributed by atoms with Crippen molar-refractivity contribution in [2.24, 2.45) is 5.73 Å². The van der Waals surface area contributed by atoms with Gasteiger partial charge in [0.05, 0.1) is 18.8 Å². The third-order valence-electron chi connectivity index (χ3n) is 3.54. The summed E-state index contributed by atoms with van der Waals surface area (Å²) in [4.78, 5) is 35.9. The maximum atomic E-state index is 12.9. The van der Waals surface area contributed by atoms with Gasteiger partial charge in [0.25, 0.3) is 5.91 Å². The molecule has 2 rings (SSSR count). The fourth-order valence-electron chi connectivity index (χ4n) is 2.42. The SMILES string of the molecule is CCOc1ccc(C(=O)c2ccccc2C(=O)OCC(N)=O)cc1OCC. The lowest BCUT2D eigenvalue weighted by atomic mass is 9.98. The van der Waals surface area contributed by atoms with Crippen molar-refractivity contribution in [3.63, 3.8) is 0 Å². The molecule has 27 heavy (non-hydrogen) atoms. The monoisotopic (exact) mass is 371 g/mol. The summed E-state index contributed by atoms with van der Waals surface area (Å²) in [5.74, 6) is -0.983. The van der Waals surface area contributed by atoms with Crippen LogP contribution in [0.4, 0.5) is 0 Å². The van der Waals surface area contributed by atoms with E-state index in [2.05, 4.69) is 0 Å². The van der Waals surface area contributed by atoms with Crippen LogP contribution in [0.5, 0.6) is 11.5 Å². The zero-order chi connectivity index (χ0) is 19.8. The van der Waals surface area contributed by atoms with Crippen LogP contribution in [0.1, 0.15) is 40.1 Å². The lowest BCUT2D eigenvalue weighted by Gasteiger charge is -2.13. The highest BCUT2D eigenvalue weighted by Gasteiger charge is 2.21. The second-order valence-electron chi connectivity index (χ2n) is 5.44. The Morgan fingerprint density at radius 3 is 2.15 bits per heavy atom. The largest absolute Gasteiger partial charge is 0.490 e. The summed E-state index contributed by atoms with van der Waals surface area (Å²) in [6, 6.07) is 11.0. The predicted octanol–water partition coefficient (Wildman–Crippen LogP) is 2.36. The summed E-state index contributed by atoms with van der Waals surface area (Å²) in [5, 5.41) is 0. The van der Waals surface area contributed by atoms with Crippen molar-refractivity contribution in [3.05, 3.63) is 59.2 Å². The van der Waals surface area contributed by atoms with Crippen LogP contribution in [0.15, 0.2) is 42.5 Å². The second-order valence-corrected chi connectivity index (χ2v) is 5.44. The highest BCUT2D eigenvalue weighted by Crippen LogP contribution is 2.30. The molecule has 0 aliphatic carbocycles. The number of benzene rings is 2. The molecule has 2 N–H and O–H groups in total. The predicted molar refractivity (Wildman–Crippen MR) is 98.1 cm³/mol. The molecule has 142 valence electrons. The number of esters is 1. The third kappa shape index (κ3) is 5.07. The highest BCUT2D eigenvalue weighted by molar-refractivity contribution is 6.14. The van der Waals surface area contributed by atoms with Crippen LogP contribution in [-0.4, -0.2) is 37.5 Å². The van der Waals surface area contributed by atoms with E-state index in [0.29, 0.717) is 30.3 Å². The maximum absolute atomic E-state index is 12.9. The molecule has 7 heteroatoms. The number of amides is 1. The van der Waals surface area contributed by atoms with Gasteiger partial charge in [0.1, 0.15) is 0 Å². The molecule has 0 atom stereocenters. The number of hydrogen-bond donors (Lipinski definition) is 1. The average Bonchev–Trinajstić information content (AvgIpc) is 2.67. The first-order valence-corrected chi connectivity index (χ1v) is 8.46. The maximum Gasteiger partial charge on any atom is 0.339 e. The molecule has 0 heterocycles. The van der Waals surface area contributed by atoms with Crippen molar-refractivity contribution >= 4 is 17.7 Å². The Hall–Kier alpha value is -3.35. The van der Waals surface area contributed by atoms with E-state index in [0.717, 1.165) is 0 Å². The van der Waals surface area contributed by atoms with Crippen LogP contribution in [0.25, 0.3) is 0 Å². The summed E-state index contributed by atoms with van der Waals surface area (Å²) in [7, 11) is 0. The third-order valence-corrected chi connectivity index (χ3v) is 3.54. The molecule has 0 saturated heterocycles. The van der Waals surface area contributed by atoms with Crippen molar-refractivity contribution in [2.45, 2.75) is 13.8 Å². The van der Waals surface area contributed by atoms with E-state index in [9.17, 15) is 14.4 Å². The zero-order valence-corrected chi connectivity index (χ0v) is 15.2. The van der Waals surface area contributed by atoms with E-state index in [1.54, 1.807) is 30.3 Å². The van der Waals surface area contributed by atoms with Gasteiger partial charge in [-0.25, -0.2) is 4.79 Å². The van der Waals surface area contributed by atoms with Gasteiger partial charge in [-0.2, -0.15) is 0 Å². The van der Waals surface area contributed by atoms with Crippen molar-refractivity contribution in [1.29, 1.82) is 0 Å². The Morgan fingerprint density at radius 1 is 0.889 bits per heavy atom. The minimum absolute atomic E-state index is 0.0515. The fourth-order valence-corrected chi connectivity index (χ4v) is 2.42. The zero-order valence-electron chi connectivity index (χ0n) is 15.2. The summed E-state index contributed by atoms with van der Waals surface area (Å²) < 4.78 is 15.8. The molecule has 2 aromatic carbocycles. The Morgan fingerprint density at radius 2 is 1.52 bits per heavy atom. The Kier molecular flexibility index (Phi) is 6.93. The second kappa shape index (κ2) is 9.38. The van der Waals surface area contributed by atoms with Gasteiger partial charge < -0.3 is 19.9 Å². The molecule has 0 saturated carbocycles. The van der Waals surface area contributed by atoms with Crippen LogP contribution in [0.3, 0.4) is 0 Å². The number of carbonyl (C=O) groups is 3. The van der Waals surface area contributed by atoms with Crippen LogP contribution < -0.4 is 15.2 Å². The average molecular weight is 371 g/mol. The van der Waals surface area contributed by atoms with Gasteiger partial charge in [-0.3, -0.25) is 9.59 Å². The van der Waals surface area contributed by atoms with Crippen molar-refractivity contribution < 1.29 is 28.6 Å². The van der Waals surface area contributed by atoms with Crippen LogP contribution >= 0.6 is 0 Å². The van der Waals surface area contributed by atoms with Crippen LogP contribution in [0.2, 0.25) is 0 Å². The van der Waals surface area contributed by atoms with Gasteiger partial charge in [0, 0.05) is 11.1 Å². The minimum Gasteiger partial charge on any atom is -0.490 e. The fraction of sp³-hybridized carbons (Fsp3) is 0.250. The van der Waals surface area contributed by atoms with Crippen molar-refractivity contribution in [1.82, 2.24) is 0 Å². The van der Waals surface area contributed by atoms with Crippen molar-refractivity contribution in [3.8, 4) is 11.5 Å². The van der Waals surface area contributed by atoms with E-state index in [-0.39, 0.29) is 16.9 Å². The molecule has 7 nitrogen and oxygen atoms in total. The summed E-state index contributed by atoms with van der Waals surface area (Å²) in [5.41, 5.74) is 5.52. The molecule has 0 spiro atoms. The number of hydrogen-bond acceptors (Lipinski definition) is 6. The first-order valence-electron chi connectivity index (χ1n) is 8.46. The number of primary amides is 1. The molecule has 0 unspecified atom stereocenters. The summed E-state index contributed by atoms with van der Waals surface area (Å²) in [6.45, 7) is 3.99. The topological polar surface area (TPSA) is 105 Å². The first kappa shape index (κ1) is 20.0. The van der Waals surface area contributed by atoms with Gasteiger partial charge in [-0.1, -0.05) is 18.2 Å². The number of rotatable bonds is 9. The molecular formula is C20H21NO6. The lowest BCUT2D eigenvalue weighted by Crippen LogP contribution is -2.22. The highest BCUT2D eigenvalue weighted by atomic mass is 16.5. The smallest absolute Gasteiger partial charge is 0.339 e. The van der Waals surface area contributed by atoms with E-state index in [1.165, 1.54) is 12.1 Å². The minimum atomic E-state index is -0.797. The van der Waals surface area contributed by atoms with Crippen LogP contribution in [-0.2, 0) is 9.53 Å². The van der Waals surface area contributed by atoms with Gasteiger partial charge in [0.2, 0.25) is 0 Å². The molecule has 0 bridgehead atoms. The Labute approximate surface area is 157 Å². The van der Waals surface area contributed by atoms with E-state index in [1.807, 2.05) is 13.8 Å². The Bertz CT molecular complexity index is 846. The normalized spacial score (nSPS) is 10.1. The van der Waals surface area contributed by atoms with Gasteiger partial charge in [-0.05, 0) is 38.1 Å². The molecular weight excluding hydrogens is 350 g/mol. The van der Waals surface area contributed by atoms with E-state index < -0.39 is 18.5 Å². The number of ether oxygens (including phenoxy) is 3. The van der Waals surface area contributed by atoms with E-state index in [4.69, 9.17) is 19.9 Å². The number of ketones is 1. The van der Waals surface area contributed by atoms with Gasteiger partial charge in [-0.15, -0.1) is 0 Å². The number of nitrogens with two attached hydrogens (primary N) is 1. The first-order chi connectivity index (χ1) is 13.0. The summed E-state index contributed by atoms with van der Waals surface area (Å²) in [6.07, 6.45) is 0. The molecule has 1 amide bonds. The van der Waals surface area contributed by atoms with E-state index >= 15 is 0 Å². The molecule has 0 aromatic heterocycles. The molecule has 0 aliphatic heterocycles. The molecule has 2 aromatic rings. The molecule has 0 fully saturated rings. The van der Waals surface area contributed by atoms with Gasteiger partial charge in [0.15, 0.2) is 23.9 Å². The van der Waals surface area contributed by atoms with Crippen LogP contribution in [0, 0.1) is 0 Å². The summed E-state index contributed by atoms with van der Waals surface area (Å²) >= 11 is 0.